The predicted octanol–water partition coefficient (Wildman–Crippen LogP) is 1.84. The quantitative estimate of drug-likeness (QED) is 0.681. The van der Waals surface area contributed by atoms with Crippen LogP contribution in [0.5, 0.6) is 0 Å². The van der Waals surface area contributed by atoms with Gasteiger partial charge in [0, 0.05) is 0 Å². The summed E-state index contributed by atoms with van der Waals surface area (Å²) in [5.74, 6) is 4.76. The summed E-state index contributed by atoms with van der Waals surface area (Å²) in [5, 5.41) is 8.55. The van der Waals surface area contributed by atoms with Gasteiger partial charge in [0.2, 0.25) is 0 Å². The van der Waals surface area contributed by atoms with Crippen LogP contribution in [0.3, 0.4) is 0 Å². The zero-order valence-corrected chi connectivity index (χ0v) is 11.8. The van der Waals surface area contributed by atoms with Crippen molar-refractivity contribution in [3.05, 3.63) is 30.3 Å². The van der Waals surface area contributed by atoms with E-state index in [0.717, 1.165) is 0 Å². The fourth-order valence-electron chi connectivity index (χ4n) is 1.21. The van der Waals surface area contributed by atoms with Crippen molar-refractivity contribution in [3.8, 4) is 11.8 Å². The molecule has 0 spiro atoms. The van der Waals surface area contributed by atoms with Crippen LogP contribution in [0.15, 0.2) is 35.2 Å². The summed E-state index contributed by atoms with van der Waals surface area (Å²) in [7, 11) is -3.44. The van der Waals surface area contributed by atoms with Crippen LogP contribution >= 0.6 is 11.6 Å². The summed E-state index contributed by atoms with van der Waals surface area (Å²) in [6, 6.07) is 8.08. The van der Waals surface area contributed by atoms with E-state index < -0.39 is 20.8 Å². The van der Waals surface area contributed by atoms with Crippen LogP contribution in [0.1, 0.15) is 13.8 Å². The summed E-state index contributed by atoms with van der Waals surface area (Å²) < 4.78 is 23.9. The Hall–Kier alpha value is -1.02. The van der Waals surface area contributed by atoms with E-state index in [2.05, 4.69) is 11.8 Å². The molecule has 3 nitrogen and oxygen atoms in total. The Kier molecular flexibility index (Phi) is 4.80. The Morgan fingerprint density at radius 2 is 1.89 bits per heavy atom. The molecule has 0 fully saturated rings. The highest BCUT2D eigenvalue weighted by Gasteiger charge is 2.18. The first-order valence-corrected chi connectivity index (χ1v) is 7.46. The minimum absolute atomic E-state index is 0.223. The van der Waals surface area contributed by atoms with Gasteiger partial charge in [0.15, 0.2) is 9.84 Å². The van der Waals surface area contributed by atoms with Gasteiger partial charge in [0.1, 0.15) is 11.0 Å². The van der Waals surface area contributed by atoms with Crippen LogP contribution in [-0.4, -0.2) is 30.3 Å². The molecule has 0 aliphatic carbocycles. The van der Waals surface area contributed by atoms with Gasteiger partial charge in [-0.25, -0.2) is 8.42 Å². The van der Waals surface area contributed by atoms with Crippen molar-refractivity contribution in [2.24, 2.45) is 0 Å². The third-order valence-electron chi connectivity index (χ3n) is 2.00. The smallest absolute Gasteiger partial charge is 0.180 e. The third-order valence-corrected chi connectivity index (χ3v) is 4.21. The van der Waals surface area contributed by atoms with Gasteiger partial charge in [0.05, 0.1) is 10.6 Å². The van der Waals surface area contributed by atoms with Gasteiger partial charge in [-0.2, -0.15) is 0 Å². The molecule has 1 rings (SSSR count). The molecular formula is C13H15ClO3S. The average molecular weight is 287 g/mol. The molecule has 0 bridgehead atoms. The van der Waals surface area contributed by atoms with Crippen molar-refractivity contribution in [3.63, 3.8) is 0 Å². The highest BCUT2D eigenvalue weighted by atomic mass is 35.5. The van der Waals surface area contributed by atoms with E-state index in [9.17, 15) is 13.5 Å². The second-order valence-electron chi connectivity index (χ2n) is 4.39. The lowest BCUT2D eigenvalue weighted by molar-refractivity contribution is 0.143. The van der Waals surface area contributed by atoms with Gasteiger partial charge >= 0.3 is 0 Å². The fraction of sp³-hybridized carbons (Fsp3) is 0.385. The zero-order chi connectivity index (χ0) is 13.8. The maximum Gasteiger partial charge on any atom is 0.180 e. The lowest BCUT2D eigenvalue weighted by Gasteiger charge is -2.08. The first kappa shape index (κ1) is 15.0. The molecule has 0 saturated carbocycles. The van der Waals surface area contributed by atoms with Crippen LogP contribution in [0, 0.1) is 11.8 Å². The van der Waals surface area contributed by atoms with E-state index in [1.807, 2.05) is 0 Å². The molecule has 0 amide bonds. The number of rotatable bonds is 3. The molecule has 1 aromatic carbocycles. The van der Waals surface area contributed by atoms with Gasteiger partial charge < -0.3 is 5.11 Å². The zero-order valence-electron chi connectivity index (χ0n) is 10.2. The lowest BCUT2D eigenvalue weighted by Crippen LogP contribution is -2.18. The number of hydrogen-bond acceptors (Lipinski definition) is 3. The van der Waals surface area contributed by atoms with Crippen molar-refractivity contribution < 1.29 is 13.5 Å². The van der Waals surface area contributed by atoms with Crippen molar-refractivity contribution in [2.45, 2.75) is 29.7 Å². The summed E-state index contributed by atoms with van der Waals surface area (Å²) in [6.07, 6.45) is 0. The first-order valence-electron chi connectivity index (χ1n) is 5.38. The van der Waals surface area contributed by atoms with Crippen molar-refractivity contribution >= 4 is 21.4 Å². The maximum absolute atomic E-state index is 12.0. The van der Waals surface area contributed by atoms with E-state index in [-0.39, 0.29) is 10.6 Å². The molecular weight excluding hydrogens is 272 g/mol. The molecule has 5 heteroatoms. The van der Waals surface area contributed by atoms with Gasteiger partial charge in [-0.3, -0.25) is 0 Å². The summed E-state index contributed by atoms with van der Waals surface area (Å²) in [6.45, 7) is 3.02. The van der Waals surface area contributed by atoms with Gasteiger partial charge in [-0.15, -0.1) is 11.6 Å². The number of halogens is 1. The molecule has 1 unspecified atom stereocenters. The topological polar surface area (TPSA) is 54.4 Å². The third kappa shape index (κ3) is 5.09. The van der Waals surface area contributed by atoms with Crippen molar-refractivity contribution in [1.82, 2.24) is 0 Å². The summed E-state index contributed by atoms with van der Waals surface area (Å²) in [5.41, 5.74) is -1.18. The summed E-state index contributed by atoms with van der Waals surface area (Å²) >= 11 is 5.86. The molecule has 1 atom stereocenters. The van der Waals surface area contributed by atoms with E-state index in [1.54, 1.807) is 18.2 Å². The molecule has 0 aliphatic heterocycles. The van der Waals surface area contributed by atoms with E-state index in [1.165, 1.54) is 26.0 Å². The number of sulfone groups is 1. The molecule has 1 N–H and O–H groups in total. The molecule has 0 heterocycles. The second-order valence-corrected chi connectivity index (χ2v) is 6.95. The van der Waals surface area contributed by atoms with Crippen molar-refractivity contribution in [2.75, 3.05) is 5.75 Å². The molecule has 1 aromatic rings. The Bertz CT molecular complexity index is 547. The van der Waals surface area contributed by atoms with Crippen LogP contribution in [0.2, 0.25) is 0 Å². The molecule has 98 valence electrons. The number of benzene rings is 1. The van der Waals surface area contributed by atoms with E-state index in [4.69, 9.17) is 11.6 Å². The molecule has 18 heavy (non-hydrogen) atoms. The Balaban J connectivity index is 2.82. The monoisotopic (exact) mass is 286 g/mol. The average Bonchev–Trinajstić information content (AvgIpc) is 2.26. The normalized spacial score (nSPS) is 13.6. The van der Waals surface area contributed by atoms with Crippen LogP contribution in [0.4, 0.5) is 0 Å². The highest BCUT2D eigenvalue weighted by Crippen LogP contribution is 2.13. The highest BCUT2D eigenvalue weighted by molar-refractivity contribution is 7.91. The van der Waals surface area contributed by atoms with E-state index in [0.29, 0.717) is 0 Å². The first-order chi connectivity index (χ1) is 8.21. The van der Waals surface area contributed by atoms with Gasteiger partial charge in [-0.1, -0.05) is 30.0 Å². The van der Waals surface area contributed by atoms with Gasteiger partial charge in [-0.05, 0) is 26.0 Å². The fourth-order valence-corrected chi connectivity index (χ4v) is 3.00. The lowest BCUT2D eigenvalue weighted by atomic mass is 10.1. The van der Waals surface area contributed by atoms with E-state index >= 15 is 0 Å². The minimum Gasteiger partial charge on any atom is -0.378 e. The van der Waals surface area contributed by atoms with Crippen LogP contribution < -0.4 is 0 Å². The Labute approximate surface area is 113 Å². The second kappa shape index (κ2) is 5.75. The predicted molar refractivity (Wildman–Crippen MR) is 72.2 cm³/mol. The molecule has 0 aromatic heterocycles. The number of hydrogen-bond donors (Lipinski definition) is 1. The van der Waals surface area contributed by atoms with Crippen LogP contribution in [0.25, 0.3) is 0 Å². The number of alkyl halides is 1. The maximum atomic E-state index is 12.0. The molecule has 0 saturated heterocycles. The van der Waals surface area contributed by atoms with Gasteiger partial charge in [0.25, 0.3) is 0 Å². The minimum atomic E-state index is -3.44. The molecule has 0 radical (unpaired) electrons. The summed E-state index contributed by atoms with van der Waals surface area (Å²) in [4.78, 5) is 0.223. The molecule has 0 aliphatic rings. The van der Waals surface area contributed by atoms with Crippen molar-refractivity contribution in [1.29, 1.82) is 0 Å². The largest absolute Gasteiger partial charge is 0.378 e. The Morgan fingerprint density at radius 3 is 2.39 bits per heavy atom. The van der Waals surface area contributed by atoms with Crippen LogP contribution in [-0.2, 0) is 9.84 Å². The SMILES string of the molecule is CC(C)(O)C#CC(Cl)CS(=O)(=O)c1ccccc1. The standard InChI is InChI=1S/C13H15ClO3S/c1-13(2,15)9-8-11(14)10-18(16,17)12-6-4-3-5-7-12/h3-7,11,15H,10H2,1-2H3. The number of aliphatic hydroxyl groups is 1. The Morgan fingerprint density at radius 1 is 1.33 bits per heavy atom.